The quantitative estimate of drug-likeness (QED) is 0.117. The number of benzene rings is 7. The second-order valence-corrected chi connectivity index (χ2v) is 18.9. The summed E-state index contributed by atoms with van der Waals surface area (Å²) in [6.45, 7) is 7.00. The summed E-state index contributed by atoms with van der Waals surface area (Å²) >= 11 is 0. The van der Waals surface area contributed by atoms with Gasteiger partial charge < -0.3 is 9.80 Å². The second kappa shape index (κ2) is 15.6. The summed E-state index contributed by atoms with van der Waals surface area (Å²) < 4.78 is 0. The van der Waals surface area contributed by atoms with Crippen molar-refractivity contribution in [3.8, 4) is 0 Å². The minimum absolute atomic E-state index is 0.0895. The highest BCUT2D eigenvalue weighted by Crippen LogP contribution is 2.49. The van der Waals surface area contributed by atoms with Crippen molar-refractivity contribution >= 4 is 57.2 Å². The first-order valence-corrected chi connectivity index (χ1v) is 23.3. The van der Waals surface area contributed by atoms with Gasteiger partial charge in [0.05, 0.1) is 0 Å². The van der Waals surface area contributed by atoms with Crippen LogP contribution < -0.4 is 26.2 Å². The van der Waals surface area contributed by atoms with Crippen LogP contribution in [0.4, 0.5) is 34.1 Å². The normalized spacial score (nSPS) is 16.5. The van der Waals surface area contributed by atoms with Gasteiger partial charge in [0.2, 0.25) is 0 Å². The zero-order valence-corrected chi connectivity index (χ0v) is 36.2. The van der Waals surface area contributed by atoms with Crippen molar-refractivity contribution < 1.29 is 0 Å². The molecule has 3 heteroatoms. The highest BCUT2D eigenvalue weighted by atomic mass is 15.2. The van der Waals surface area contributed by atoms with E-state index in [0.717, 1.165) is 0 Å². The molecular formula is C58H57BN2. The Labute approximate surface area is 364 Å². The summed E-state index contributed by atoms with van der Waals surface area (Å²) in [5, 5.41) is 0. The lowest BCUT2D eigenvalue weighted by molar-refractivity contribution is 0.443. The molecule has 0 spiro atoms. The van der Waals surface area contributed by atoms with E-state index in [2.05, 4.69) is 188 Å². The second-order valence-electron chi connectivity index (χ2n) is 18.9. The number of nitrogens with zero attached hydrogens (tertiary/aromatic N) is 2. The van der Waals surface area contributed by atoms with Gasteiger partial charge in [0.1, 0.15) is 0 Å². The topological polar surface area (TPSA) is 6.48 Å². The van der Waals surface area contributed by atoms with E-state index in [1.807, 2.05) is 0 Å². The zero-order chi connectivity index (χ0) is 41.1. The Balaban J connectivity index is 1.22. The van der Waals surface area contributed by atoms with Crippen molar-refractivity contribution in [2.24, 2.45) is 0 Å². The summed E-state index contributed by atoms with van der Waals surface area (Å²) in [4.78, 5) is 5.23. The molecule has 0 amide bonds. The molecule has 7 aromatic carbocycles. The lowest BCUT2D eigenvalue weighted by Gasteiger charge is -2.46. The summed E-state index contributed by atoms with van der Waals surface area (Å²) in [7, 11) is 0. The van der Waals surface area contributed by atoms with Gasteiger partial charge >= 0.3 is 0 Å². The number of fused-ring (bicyclic) bond motifs is 4. The van der Waals surface area contributed by atoms with Crippen LogP contribution in [0.2, 0.25) is 0 Å². The molecule has 7 aromatic rings. The Morgan fingerprint density at radius 2 is 0.885 bits per heavy atom. The van der Waals surface area contributed by atoms with Gasteiger partial charge in [-0.2, -0.15) is 0 Å². The SMILES string of the molecule is Cc1ccc(N2c3ccc(C4CCCCC4)cc3B3c4cc(C)ccc4N(c4ccc(C5CCCCC5)cc4)c4cc(C(C)(c5ccccc5)c5ccccc5)cc2c43)cc1. The van der Waals surface area contributed by atoms with Crippen LogP contribution in [0.3, 0.4) is 0 Å². The first-order chi connectivity index (χ1) is 30.0. The summed E-state index contributed by atoms with van der Waals surface area (Å²) in [5.74, 6) is 1.28. The Morgan fingerprint density at radius 3 is 1.44 bits per heavy atom. The zero-order valence-electron chi connectivity index (χ0n) is 36.2. The van der Waals surface area contributed by atoms with Crippen molar-refractivity contribution in [3.05, 3.63) is 197 Å². The van der Waals surface area contributed by atoms with E-state index in [0.29, 0.717) is 11.8 Å². The van der Waals surface area contributed by atoms with Crippen LogP contribution in [-0.2, 0) is 5.41 Å². The van der Waals surface area contributed by atoms with Gasteiger partial charge in [-0.05, 0) is 151 Å². The average molecular weight is 793 g/mol. The van der Waals surface area contributed by atoms with Crippen LogP contribution in [0.25, 0.3) is 0 Å². The lowest BCUT2D eigenvalue weighted by Crippen LogP contribution is -2.61. The van der Waals surface area contributed by atoms with E-state index in [4.69, 9.17) is 0 Å². The minimum Gasteiger partial charge on any atom is -0.311 e. The maximum absolute atomic E-state index is 2.64. The third-order valence-electron chi connectivity index (χ3n) is 15.1. The molecule has 2 aliphatic heterocycles. The van der Waals surface area contributed by atoms with Crippen LogP contribution >= 0.6 is 0 Å². The van der Waals surface area contributed by atoms with Crippen molar-refractivity contribution in [2.45, 2.75) is 102 Å². The molecule has 2 aliphatic carbocycles. The van der Waals surface area contributed by atoms with Crippen LogP contribution in [0.1, 0.15) is 122 Å². The summed E-state index contributed by atoms with van der Waals surface area (Å²) in [6.07, 6.45) is 13.2. The maximum Gasteiger partial charge on any atom is 0.252 e. The van der Waals surface area contributed by atoms with Crippen LogP contribution in [0.15, 0.2) is 158 Å². The number of hydrogen-bond donors (Lipinski definition) is 0. The molecular weight excluding hydrogens is 735 g/mol. The van der Waals surface area contributed by atoms with Crippen LogP contribution in [0.5, 0.6) is 0 Å². The molecule has 302 valence electrons. The first kappa shape index (κ1) is 38.2. The smallest absolute Gasteiger partial charge is 0.252 e. The average Bonchev–Trinajstić information content (AvgIpc) is 3.32. The molecule has 0 aromatic heterocycles. The van der Waals surface area contributed by atoms with Gasteiger partial charge in [0.25, 0.3) is 6.71 Å². The number of anilines is 6. The van der Waals surface area contributed by atoms with Gasteiger partial charge in [-0.15, -0.1) is 0 Å². The number of hydrogen-bond acceptors (Lipinski definition) is 2. The predicted molar refractivity (Wildman–Crippen MR) is 260 cm³/mol. The Hall–Kier alpha value is -5.80. The molecule has 0 atom stereocenters. The van der Waals surface area contributed by atoms with Gasteiger partial charge in [-0.3, -0.25) is 0 Å². The summed E-state index contributed by atoms with van der Waals surface area (Å²) in [5.41, 5.74) is 20.8. The molecule has 61 heavy (non-hydrogen) atoms. The number of rotatable bonds is 7. The monoisotopic (exact) mass is 792 g/mol. The predicted octanol–water partition coefficient (Wildman–Crippen LogP) is 13.8. The Bertz CT molecular complexity index is 2650. The molecule has 2 saturated carbocycles. The fourth-order valence-corrected chi connectivity index (χ4v) is 11.7. The van der Waals surface area contributed by atoms with Crippen molar-refractivity contribution in [3.63, 3.8) is 0 Å². The highest BCUT2D eigenvalue weighted by Gasteiger charge is 2.45. The lowest BCUT2D eigenvalue weighted by atomic mass is 9.33. The molecule has 0 unspecified atom stereocenters. The largest absolute Gasteiger partial charge is 0.311 e. The maximum atomic E-state index is 2.64. The minimum atomic E-state index is -0.433. The molecule has 0 bridgehead atoms. The van der Waals surface area contributed by atoms with E-state index < -0.39 is 5.41 Å². The molecule has 11 rings (SSSR count). The third-order valence-corrected chi connectivity index (χ3v) is 15.1. The van der Waals surface area contributed by atoms with E-state index in [1.54, 1.807) is 0 Å². The molecule has 2 nitrogen and oxygen atoms in total. The standard InChI is InChI=1S/C58H57BN2/c1-40-24-30-49(31-25-40)60-54-35-29-45(43-18-10-5-11-19-43)37-52(54)59-51-36-41(2)26-34-53(51)61(50-32-27-44(28-33-50)42-16-8-4-9-17-42)56-39-48(38-55(60)57(56)59)58(3,46-20-12-6-13-21-46)47-22-14-7-15-23-47/h6-7,12-15,20-39,42-43H,4-5,8-11,16-19H2,1-3H3. The van der Waals surface area contributed by atoms with E-state index in [9.17, 15) is 0 Å². The Kier molecular flexibility index (Phi) is 9.75. The molecule has 4 aliphatic rings. The van der Waals surface area contributed by atoms with E-state index in [1.165, 1.54) is 154 Å². The summed E-state index contributed by atoms with van der Waals surface area (Å²) in [6, 6.07) is 61.3. The number of aryl methyl sites for hydroxylation is 2. The fourth-order valence-electron chi connectivity index (χ4n) is 11.7. The fraction of sp³-hybridized carbons (Fsp3) is 0.276. The Morgan fingerprint density at radius 1 is 0.426 bits per heavy atom. The molecule has 2 fully saturated rings. The van der Waals surface area contributed by atoms with E-state index >= 15 is 0 Å². The van der Waals surface area contributed by atoms with Crippen molar-refractivity contribution in [1.82, 2.24) is 0 Å². The van der Waals surface area contributed by atoms with Gasteiger partial charge in [-0.1, -0.05) is 159 Å². The van der Waals surface area contributed by atoms with Crippen LogP contribution in [0, 0.1) is 13.8 Å². The van der Waals surface area contributed by atoms with Gasteiger partial charge in [-0.25, -0.2) is 0 Å². The molecule has 0 radical (unpaired) electrons. The molecule has 0 N–H and O–H groups in total. The van der Waals surface area contributed by atoms with Gasteiger partial charge in [0, 0.05) is 39.5 Å². The molecule has 2 heterocycles. The first-order valence-electron chi connectivity index (χ1n) is 23.3. The van der Waals surface area contributed by atoms with Crippen molar-refractivity contribution in [2.75, 3.05) is 9.80 Å². The van der Waals surface area contributed by atoms with Crippen molar-refractivity contribution in [1.29, 1.82) is 0 Å². The van der Waals surface area contributed by atoms with Crippen LogP contribution in [-0.4, -0.2) is 6.71 Å². The highest BCUT2D eigenvalue weighted by molar-refractivity contribution is 7.00. The third kappa shape index (κ3) is 6.55. The van der Waals surface area contributed by atoms with Gasteiger partial charge in [0.15, 0.2) is 0 Å². The molecule has 0 saturated heterocycles. The van der Waals surface area contributed by atoms with E-state index in [-0.39, 0.29) is 6.71 Å².